The number of nitrogens with zero attached hydrogens (tertiary/aromatic N) is 1. The predicted molar refractivity (Wildman–Crippen MR) is 128 cm³/mol. The highest BCUT2D eigenvalue weighted by Crippen LogP contribution is 2.31. The Balaban J connectivity index is 1.26. The van der Waals surface area contributed by atoms with E-state index < -0.39 is 10.0 Å². The van der Waals surface area contributed by atoms with E-state index >= 15 is 0 Å². The van der Waals surface area contributed by atoms with Gasteiger partial charge in [0, 0.05) is 44.2 Å². The number of hydrogen-bond acceptors (Lipinski definition) is 7. The molecule has 2 aromatic rings. The minimum Gasteiger partial charge on any atom is -0.490 e. The number of benzene rings is 2. The van der Waals surface area contributed by atoms with E-state index in [0.717, 1.165) is 44.0 Å². The first-order chi connectivity index (χ1) is 16.4. The standard InChI is InChI=1S/C24H31N3O6S/c1-18(19-3-5-20(6-4-19)27-11-15-31-16-12-27)26-24(28)9-10-25-34(29,30)21-7-8-22-23(17-21)33-14-2-13-32-22/h3-8,17-18,25H,2,9-16H2,1H3,(H,26,28). The zero-order valence-corrected chi connectivity index (χ0v) is 20.1. The molecule has 0 saturated carbocycles. The lowest BCUT2D eigenvalue weighted by atomic mass is 10.1. The van der Waals surface area contributed by atoms with Gasteiger partial charge in [0.15, 0.2) is 11.5 Å². The lowest BCUT2D eigenvalue weighted by Gasteiger charge is -2.29. The maximum Gasteiger partial charge on any atom is 0.240 e. The lowest BCUT2D eigenvalue weighted by molar-refractivity contribution is -0.121. The highest BCUT2D eigenvalue weighted by molar-refractivity contribution is 7.89. The van der Waals surface area contributed by atoms with Crippen molar-refractivity contribution >= 4 is 21.6 Å². The third-order valence-electron chi connectivity index (χ3n) is 5.82. The fourth-order valence-corrected chi connectivity index (χ4v) is 4.93. The Morgan fingerprint density at radius 3 is 2.44 bits per heavy atom. The molecule has 1 unspecified atom stereocenters. The lowest BCUT2D eigenvalue weighted by Crippen LogP contribution is -2.36. The van der Waals surface area contributed by atoms with Crippen LogP contribution in [-0.2, 0) is 19.6 Å². The summed E-state index contributed by atoms with van der Waals surface area (Å²) in [4.78, 5) is 14.7. The van der Waals surface area contributed by atoms with Gasteiger partial charge in [-0.15, -0.1) is 0 Å². The zero-order chi connectivity index (χ0) is 24.0. The number of hydrogen-bond donors (Lipinski definition) is 2. The van der Waals surface area contributed by atoms with Gasteiger partial charge in [-0.2, -0.15) is 0 Å². The van der Waals surface area contributed by atoms with E-state index in [4.69, 9.17) is 14.2 Å². The highest BCUT2D eigenvalue weighted by atomic mass is 32.2. The van der Waals surface area contributed by atoms with Gasteiger partial charge in [0.05, 0.1) is 37.4 Å². The number of carbonyl (C=O) groups excluding carboxylic acids is 1. The molecule has 10 heteroatoms. The first kappa shape index (κ1) is 24.3. The van der Waals surface area contributed by atoms with Gasteiger partial charge in [-0.05, 0) is 36.8 Å². The van der Waals surface area contributed by atoms with E-state index in [1.54, 1.807) is 6.07 Å². The van der Waals surface area contributed by atoms with Crippen molar-refractivity contribution in [3.63, 3.8) is 0 Å². The molecule has 4 rings (SSSR count). The molecule has 34 heavy (non-hydrogen) atoms. The fraction of sp³-hybridized carbons (Fsp3) is 0.458. The van der Waals surface area contributed by atoms with Crippen LogP contribution in [0.4, 0.5) is 5.69 Å². The molecular weight excluding hydrogens is 458 g/mol. The minimum atomic E-state index is -3.78. The Morgan fingerprint density at radius 2 is 1.71 bits per heavy atom. The van der Waals surface area contributed by atoms with Gasteiger partial charge >= 0.3 is 0 Å². The van der Waals surface area contributed by atoms with Gasteiger partial charge in [-0.3, -0.25) is 4.79 Å². The van der Waals surface area contributed by atoms with Gasteiger partial charge in [-0.25, -0.2) is 13.1 Å². The number of ether oxygens (including phenoxy) is 3. The van der Waals surface area contributed by atoms with Crippen LogP contribution in [0.15, 0.2) is 47.4 Å². The van der Waals surface area contributed by atoms with E-state index in [9.17, 15) is 13.2 Å². The minimum absolute atomic E-state index is 0.00863. The number of anilines is 1. The third kappa shape index (κ3) is 6.19. The van der Waals surface area contributed by atoms with Crippen LogP contribution in [0.2, 0.25) is 0 Å². The molecule has 184 valence electrons. The Hall–Kier alpha value is -2.82. The van der Waals surface area contributed by atoms with Gasteiger partial charge in [0.2, 0.25) is 15.9 Å². The predicted octanol–water partition coefficient (Wildman–Crippen LogP) is 2.23. The molecule has 0 aliphatic carbocycles. The van der Waals surface area contributed by atoms with E-state index in [0.29, 0.717) is 24.7 Å². The van der Waals surface area contributed by atoms with E-state index in [1.807, 2.05) is 31.2 Å². The number of carbonyl (C=O) groups is 1. The fourth-order valence-electron chi connectivity index (χ4n) is 3.89. The molecule has 2 N–H and O–H groups in total. The number of morpholine rings is 1. The van der Waals surface area contributed by atoms with Crippen LogP contribution in [-0.4, -0.2) is 60.4 Å². The van der Waals surface area contributed by atoms with Crippen molar-refractivity contribution < 1.29 is 27.4 Å². The molecule has 1 atom stereocenters. The molecule has 0 spiro atoms. The van der Waals surface area contributed by atoms with Crippen molar-refractivity contribution in [2.24, 2.45) is 0 Å². The molecule has 1 saturated heterocycles. The summed E-state index contributed by atoms with van der Waals surface area (Å²) in [6, 6.07) is 12.4. The van der Waals surface area contributed by atoms with Gasteiger partial charge in [-0.1, -0.05) is 12.1 Å². The Kier molecular flexibility index (Phi) is 7.91. The first-order valence-electron chi connectivity index (χ1n) is 11.5. The summed E-state index contributed by atoms with van der Waals surface area (Å²) in [6.45, 7) is 6.09. The maximum absolute atomic E-state index is 12.6. The molecule has 0 aromatic heterocycles. The Bertz CT molecular complexity index is 1080. The summed E-state index contributed by atoms with van der Waals surface area (Å²) in [5.41, 5.74) is 2.12. The van der Waals surface area contributed by atoms with Gasteiger partial charge < -0.3 is 24.4 Å². The molecule has 1 amide bonds. The van der Waals surface area contributed by atoms with Crippen LogP contribution >= 0.6 is 0 Å². The van der Waals surface area contributed by atoms with Crippen LogP contribution in [0.1, 0.15) is 31.4 Å². The monoisotopic (exact) mass is 489 g/mol. The summed E-state index contributed by atoms with van der Waals surface area (Å²) in [7, 11) is -3.78. The number of rotatable bonds is 8. The highest BCUT2D eigenvalue weighted by Gasteiger charge is 2.19. The van der Waals surface area contributed by atoms with Gasteiger partial charge in [0.25, 0.3) is 0 Å². The average molecular weight is 490 g/mol. The quantitative estimate of drug-likeness (QED) is 0.586. The number of sulfonamides is 1. The van der Waals surface area contributed by atoms with Crippen LogP contribution in [0.3, 0.4) is 0 Å². The summed E-state index contributed by atoms with van der Waals surface area (Å²) in [5.74, 6) is 0.709. The molecule has 2 aromatic carbocycles. The first-order valence-corrected chi connectivity index (χ1v) is 13.0. The normalized spacial score (nSPS) is 17.0. The Morgan fingerprint density at radius 1 is 1.00 bits per heavy atom. The van der Waals surface area contributed by atoms with Crippen LogP contribution < -0.4 is 24.4 Å². The second kappa shape index (κ2) is 11.1. The molecule has 1 fully saturated rings. The number of amides is 1. The van der Waals surface area contributed by atoms with Crippen LogP contribution in [0.25, 0.3) is 0 Å². The van der Waals surface area contributed by atoms with E-state index in [1.165, 1.54) is 12.1 Å². The Labute approximate surface area is 200 Å². The van der Waals surface area contributed by atoms with Crippen molar-refractivity contribution in [3.8, 4) is 11.5 Å². The maximum atomic E-state index is 12.6. The molecule has 2 aliphatic rings. The van der Waals surface area contributed by atoms with Crippen molar-refractivity contribution in [2.45, 2.75) is 30.7 Å². The second-order valence-corrected chi connectivity index (χ2v) is 10.1. The average Bonchev–Trinajstić information content (AvgIpc) is 3.09. The van der Waals surface area contributed by atoms with Crippen molar-refractivity contribution in [2.75, 3.05) is 51.0 Å². The molecule has 0 radical (unpaired) electrons. The van der Waals surface area contributed by atoms with Crippen molar-refractivity contribution in [1.29, 1.82) is 0 Å². The second-order valence-electron chi connectivity index (χ2n) is 8.29. The summed E-state index contributed by atoms with van der Waals surface area (Å²) in [6.07, 6.45) is 0.764. The smallest absolute Gasteiger partial charge is 0.240 e. The third-order valence-corrected chi connectivity index (χ3v) is 7.28. The molecule has 0 bridgehead atoms. The summed E-state index contributed by atoms with van der Waals surface area (Å²) < 4.78 is 44.3. The number of fused-ring (bicyclic) bond motifs is 1. The zero-order valence-electron chi connectivity index (χ0n) is 19.3. The molecule has 9 nitrogen and oxygen atoms in total. The van der Waals surface area contributed by atoms with Crippen molar-refractivity contribution in [3.05, 3.63) is 48.0 Å². The SMILES string of the molecule is CC(NC(=O)CCNS(=O)(=O)c1ccc2c(c1)OCCCO2)c1ccc(N2CCOCC2)cc1. The molecular formula is C24H31N3O6S. The van der Waals surface area contributed by atoms with Crippen molar-refractivity contribution in [1.82, 2.24) is 10.0 Å². The largest absolute Gasteiger partial charge is 0.490 e. The molecule has 2 heterocycles. The number of nitrogens with one attached hydrogen (secondary N) is 2. The van der Waals surface area contributed by atoms with Gasteiger partial charge in [0.1, 0.15) is 0 Å². The van der Waals surface area contributed by atoms with Crippen LogP contribution in [0, 0.1) is 0 Å². The summed E-state index contributed by atoms with van der Waals surface area (Å²) >= 11 is 0. The van der Waals surface area contributed by atoms with Crippen LogP contribution in [0.5, 0.6) is 11.5 Å². The topological polar surface area (TPSA) is 106 Å². The summed E-state index contributed by atoms with van der Waals surface area (Å²) in [5, 5.41) is 2.93. The molecule has 2 aliphatic heterocycles. The van der Waals surface area contributed by atoms with E-state index in [2.05, 4.69) is 14.9 Å². The van der Waals surface area contributed by atoms with E-state index in [-0.39, 0.29) is 29.8 Å².